The Balaban J connectivity index is 0.00000124. The van der Waals surface area contributed by atoms with Crippen LogP contribution in [-0.2, 0) is 17.8 Å². The van der Waals surface area contributed by atoms with Gasteiger partial charge in [-0.3, -0.25) is 5.10 Å². The first-order valence-corrected chi connectivity index (χ1v) is 10.6. The third-order valence-corrected chi connectivity index (χ3v) is 4.84. The molecule has 0 aliphatic heterocycles. The predicted molar refractivity (Wildman–Crippen MR) is 124 cm³/mol. The molecule has 5 heteroatoms. The molecular formula is C25H30N4O. The number of nitrogens with zero attached hydrogens (tertiary/aromatic N) is 2. The Bertz CT molecular complexity index is 1030. The van der Waals surface area contributed by atoms with Crippen LogP contribution in [0.2, 0.25) is 0 Å². The number of fused-ring (bicyclic) bond motifs is 1. The number of H-pyrrole nitrogens is 1. The number of nitrogens with two attached hydrogens (primary N) is 1. The minimum atomic E-state index is 0.611. The van der Waals surface area contributed by atoms with E-state index in [4.69, 9.17) is 10.5 Å². The van der Waals surface area contributed by atoms with Crippen LogP contribution in [-0.4, -0.2) is 21.8 Å². The minimum absolute atomic E-state index is 0.611. The van der Waals surface area contributed by atoms with Crippen LogP contribution < -0.4 is 5.73 Å². The summed E-state index contributed by atoms with van der Waals surface area (Å²) in [7, 11) is 0. The van der Waals surface area contributed by atoms with Crippen LogP contribution >= 0.6 is 0 Å². The van der Waals surface area contributed by atoms with E-state index >= 15 is 0 Å². The maximum atomic E-state index is 6.21. The van der Waals surface area contributed by atoms with Crippen molar-refractivity contribution in [2.24, 2.45) is 0 Å². The van der Waals surface area contributed by atoms with Crippen LogP contribution in [0.1, 0.15) is 37.8 Å². The van der Waals surface area contributed by atoms with Gasteiger partial charge in [-0.2, -0.15) is 5.10 Å². The fourth-order valence-corrected chi connectivity index (χ4v) is 3.29. The van der Waals surface area contributed by atoms with E-state index in [0.717, 1.165) is 53.6 Å². The second-order valence-corrected chi connectivity index (χ2v) is 6.91. The molecule has 0 spiro atoms. The summed E-state index contributed by atoms with van der Waals surface area (Å²) in [5, 5.41) is 8.08. The van der Waals surface area contributed by atoms with E-state index in [-0.39, 0.29) is 0 Å². The maximum Gasteiger partial charge on any atom is 0.127 e. The molecule has 3 N–H and O–H groups in total. The number of ether oxygens (including phenoxy) is 1. The van der Waals surface area contributed by atoms with Gasteiger partial charge in [0.05, 0.1) is 17.8 Å². The lowest BCUT2D eigenvalue weighted by molar-refractivity contribution is 0.117. The molecule has 2 aromatic heterocycles. The molecular weight excluding hydrogens is 372 g/mol. The number of aryl methyl sites for hydroxylation is 1. The number of aromatic nitrogens is 3. The topological polar surface area (TPSA) is 76.8 Å². The summed E-state index contributed by atoms with van der Waals surface area (Å²) in [6.45, 7) is 5.42. The highest BCUT2D eigenvalue weighted by atomic mass is 16.5. The molecule has 0 saturated heterocycles. The van der Waals surface area contributed by atoms with Gasteiger partial charge in [0.15, 0.2) is 0 Å². The third-order valence-electron chi connectivity index (χ3n) is 4.84. The van der Waals surface area contributed by atoms with E-state index in [2.05, 4.69) is 45.5 Å². The zero-order chi connectivity index (χ0) is 21.2. The van der Waals surface area contributed by atoms with Gasteiger partial charge in [0.2, 0.25) is 0 Å². The number of pyridine rings is 1. The van der Waals surface area contributed by atoms with Gasteiger partial charge in [-0.25, -0.2) is 4.98 Å². The molecule has 156 valence electrons. The Kier molecular flexibility index (Phi) is 7.98. The Morgan fingerprint density at radius 2 is 1.80 bits per heavy atom. The SMILES string of the molecule is CC.Nc1nc2cc(-c3ccn[nH]3)ccc2cc1CCCCOCc1ccccc1. The smallest absolute Gasteiger partial charge is 0.127 e. The average molecular weight is 403 g/mol. The number of anilines is 1. The monoisotopic (exact) mass is 402 g/mol. The van der Waals surface area contributed by atoms with Crippen molar-refractivity contribution in [1.82, 2.24) is 15.2 Å². The summed E-state index contributed by atoms with van der Waals surface area (Å²) >= 11 is 0. The summed E-state index contributed by atoms with van der Waals surface area (Å²) < 4.78 is 5.75. The van der Waals surface area contributed by atoms with E-state index in [0.29, 0.717) is 12.4 Å². The first-order valence-electron chi connectivity index (χ1n) is 10.6. The van der Waals surface area contributed by atoms with Crippen molar-refractivity contribution in [3.63, 3.8) is 0 Å². The maximum absolute atomic E-state index is 6.21. The van der Waals surface area contributed by atoms with E-state index in [1.807, 2.05) is 44.2 Å². The number of hydrogen-bond acceptors (Lipinski definition) is 4. The molecule has 0 amide bonds. The molecule has 4 aromatic rings. The van der Waals surface area contributed by atoms with Crippen molar-refractivity contribution in [2.45, 2.75) is 39.7 Å². The molecule has 0 radical (unpaired) electrons. The molecule has 0 saturated carbocycles. The van der Waals surface area contributed by atoms with Gasteiger partial charge < -0.3 is 10.5 Å². The van der Waals surface area contributed by atoms with E-state index < -0.39 is 0 Å². The summed E-state index contributed by atoms with van der Waals surface area (Å²) in [6, 6.07) is 20.6. The van der Waals surface area contributed by atoms with Crippen molar-refractivity contribution in [3.8, 4) is 11.3 Å². The number of nitrogen functional groups attached to an aromatic ring is 1. The first kappa shape index (κ1) is 21.5. The zero-order valence-corrected chi connectivity index (χ0v) is 17.8. The molecule has 2 aromatic carbocycles. The third kappa shape index (κ3) is 5.67. The molecule has 0 atom stereocenters. The van der Waals surface area contributed by atoms with Crippen molar-refractivity contribution >= 4 is 16.7 Å². The van der Waals surface area contributed by atoms with Crippen LogP contribution in [0.25, 0.3) is 22.2 Å². The largest absolute Gasteiger partial charge is 0.383 e. The van der Waals surface area contributed by atoms with Crippen LogP contribution in [0.3, 0.4) is 0 Å². The predicted octanol–water partition coefficient (Wildman–Crippen LogP) is 5.77. The fraction of sp³-hybridized carbons (Fsp3) is 0.280. The number of benzene rings is 2. The molecule has 0 aliphatic rings. The number of hydrogen-bond donors (Lipinski definition) is 2. The van der Waals surface area contributed by atoms with E-state index in [1.165, 1.54) is 5.56 Å². The van der Waals surface area contributed by atoms with E-state index in [1.54, 1.807) is 6.20 Å². The Labute approximate surface area is 178 Å². The van der Waals surface area contributed by atoms with Gasteiger partial charge in [-0.05, 0) is 48.6 Å². The molecule has 0 aliphatic carbocycles. The standard InChI is InChI=1S/C23H24N4O.C2H6/c24-23-20(8-4-5-13-28-16-17-6-2-1-3-7-17)14-18-9-10-19(15-22(18)26-23)21-11-12-25-27-21;1-2/h1-3,6-7,9-12,14-15H,4-5,8,13,16H2,(H2,24,26)(H,25,27);1-2H3. The second kappa shape index (κ2) is 11.1. The van der Waals surface area contributed by atoms with Gasteiger partial charge in [0.1, 0.15) is 5.82 Å². The molecule has 0 bridgehead atoms. The first-order chi connectivity index (χ1) is 14.8. The van der Waals surface area contributed by atoms with E-state index in [9.17, 15) is 0 Å². The number of unbranched alkanes of at least 4 members (excludes halogenated alkanes) is 1. The fourth-order valence-electron chi connectivity index (χ4n) is 3.29. The van der Waals surface area contributed by atoms with Gasteiger partial charge in [0, 0.05) is 23.8 Å². The summed E-state index contributed by atoms with van der Waals surface area (Å²) in [4.78, 5) is 4.61. The van der Waals surface area contributed by atoms with Gasteiger partial charge in [-0.15, -0.1) is 0 Å². The second-order valence-electron chi connectivity index (χ2n) is 6.91. The molecule has 30 heavy (non-hydrogen) atoms. The zero-order valence-electron chi connectivity index (χ0n) is 17.8. The molecule has 2 heterocycles. The van der Waals surface area contributed by atoms with Gasteiger partial charge in [0.25, 0.3) is 0 Å². The quantitative estimate of drug-likeness (QED) is 0.367. The average Bonchev–Trinajstić information content (AvgIpc) is 3.33. The lowest BCUT2D eigenvalue weighted by Gasteiger charge is -2.09. The molecule has 0 unspecified atom stereocenters. The van der Waals surface area contributed by atoms with Crippen LogP contribution in [0.5, 0.6) is 0 Å². The lowest BCUT2D eigenvalue weighted by Crippen LogP contribution is -2.01. The highest BCUT2D eigenvalue weighted by Gasteiger charge is 2.07. The Hall–Kier alpha value is -3.18. The van der Waals surface area contributed by atoms with Crippen molar-refractivity contribution in [3.05, 3.63) is 78.0 Å². The van der Waals surface area contributed by atoms with Crippen LogP contribution in [0, 0.1) is 0 Å². The molecule has 5 nitrogen and oxygen atoms in total. The number of rotatable bonds is 8. The normalized spacial score (nSPS) is 10.6. The van der Waals surface area contributed by atoms with Gasteiger partial charge in [-0.1, -0.05) is 56.3 Å². The van der Waals surface area contributed by atoms with Crippen molar-refractivity contribution < 1.29 is 4.74 Å². The highest BCUT2D eigenvalue weighted by Crippen LogP contribution is 2.25. The Morgan fingerprint density at radius 1 is 0.967 bits per heavy atom. The minimum Gasteiger partial charge on any atom is -0.383 e. The molecule has 4 rings (SSSR count). The Morgan fingerprint density at radius 3 is 2.57 bits per heavy atom. The number of nitrogens with one attached hydrogen (secondary N) is 1. The van der Waals surface area contributed by atoms with Crippen molar-refractivity contribution in [2.75, 3.05) is 12.3 Å². The summed E-state index contributed by atoms with van der Waals surface area (Å²) in [5.74, 6) is 0.611. The number of aromatic amines is 1. The lowest BCUT2D eigenvalue weighted by atomic mass is 10.0. The van der Waals surface area contributed by atoms with Gasteiger partial charge >= 0.3 is 0 Å². The summed E-state index contributed by atoms with van der Waals surface area (Å²) in [5.41, 5.74) is 11.5. The van der Waals surface area contributed by atoms with Crippen molar-refractivity contribution in [1.29, 1.82) is 0 Å². The van der Waals surface area contributed by atoms with Crippen LogP contribution in [0.15, 0.2) is 66.9 Å². The molecule has 0 fully saturated rings. The highest BCUT2D eigenvalue weighted by molar-refractivity contribution is 5.85. The summed E-state index contributed by atoms with van der Waals surface area (Å²) in [6.07, 6.45) is 4.68. The van der Waals surface area contributed by atoms with Crippen LogP contribution in [0.4, 0.5) is 5.82 Å².